The minimum Gasteiger partial charge on any atom is -0.296 e. The van der Waals surface area contributed by atoms with Crippen molar-refractivity contribution in [3.63, 3.8) is 0 Å². The number of nitrogens with zero attached hydrogens (tertiary/aromatic N) is 4. The summed E-state index contributed by atoms with van der Waals surface area (Å²) in [5, 5.41) is 4.93. The van der Waals surface area contributed by atoms with Gasteiger partial charge in [-0.3, -0.25) is 9.69 Å². The second-order valence-corrected chi connectivity index (χ2v) is 7.29. The first-order valence-corrected chi connectivity index (χ1v) is 10.1. The number of para-hydroxylation sites is 1. The summed E-state index contributed by atoms with van der Waals surface area (Å²) in [4.78, 5) is 19.3. The molecule has 144 valence electrons. The quantitative estimate of drug-likeness (QED) is 0.608. The third-order valence-corrected chi connectivity index (χ3v) is 5.42. The van der Waals surface area contributed by atoms with Gasteiger partial charge >= 0.3 is 0 Å². The van der Waals surface area contributed by atoms with Crippen molar-refractivity contribution in [1.82, 2.24) is 14.8 Å². The highest BCUT2D eigenvalue weighted by Gasteiger charge is 2.28. The van der Waals surface area contributed by atoms with Gasteiger partial charge < -0.3 is 0 Å². The van der Waals surface area contributed by atoms with Crippen LogP contribution in [0, 0.1) is 6.92 Å². The summed E-state index contributed by atoms with van der Waals surface area (Å²) in [5.41, 5.74) is 5.24. The Hall–Kier alpha value is -2.95. The van der Waals surface area contributed by atoms with Crippen LogP contribution >= 0.6 is 0 Å². The highest BCUT2D eigenvalue weighted by Crippen LogP contribution is 2.36. The molecule has 1 aliphatic heterocycles. The van der Waals surface area contributed by atoms with E-state index in [0.29, 0.717) is 13.0 Å². The third-order valence-electron chi connectivity index (χ3n) is 5.42. The largest absolute Gasteiger partial charge is 0.296 e. The van der Waals surface area contributed by atoms with Gasteiger partial charge in [-0.1, -0.05) is 38.0 Å². The van der Waals surface area contributed by atoms with E-state index in [1.807, 2.05) is 39.9 Å². The van der Waals surface area contributed by atoms with Crippen molar-refractivity contribution < 1.29 is 4.79 Å². The minimum atomic E-state index is 0.159. The molecule has 5 heteroatoms. The molecule has 5 nitrogen and oxygen atoms in total. The number of pyridine rings is 1. The van der Waals surface area contributed by atoms with Crippen LogP contribution in [0.4, 0.5) is 5.82 Å². The van der Waals surface area contributed by atoms with E-state index in [1.165, 1.54) is 5.56 Å². The van der Waals surface area contributed by atoms with E-state index in [-0.39, 0.29) is 5.91 Å². The average molecular weight is 374 g/mol. The molecule has 28 heavy (non-hydrogen) atoms. The first kappa shape index (κ1) is 18.4. The Labute approximate surface area is 166 Å². The molecule has 0 saturated carbocycles. The number of benzene rings is 1. The maximum absolute atomic E-state index is 12.9. The molecule has 0 atom stereocenters. The van der Waals surface area contributed by atoms with Gasteiger partial charge in [-0.15, -0.1) is 0 Å². The Morgan fingerprint density at radius 3 is 2.71 bits per heavy atom. The van der Waals surface area contributed by atoms with Crippen LogP contribution in [0.2, 0.25) is 0 Å². The fraction of sp³-hybridized carbons (Fsp3) is 0.348. The van der Waals surface area contributed by atoms with E-state index < -0.39 is 0 Å². The third kappa shape index (κ3) is 3.33. The van der Waals surface area contributed by atoms with Crippen LogP contribution in [0.15, 0.2) is 48.7 Å². The first-order valence-electron chi connectivity index (χ1n) is 10.1. The molecule has 3 heterocycles. The molecule has 1 amide bonds. The molecule has 0 N–H and O–H groups in total. The topological polar surface area (TPSA) is 51.0 Å². The number of hydrogen-bond acceptors (Lipinski definition) is 3. The Morgan fingerprint density at radius 1 is 1.11 bits per heavy atom. The summed E-state index contributed by atoms with van der Waals surface area (Å²) < 4.78 is 2.00. The second-order valence-electron chi connectivity index (χ2n) is 7.29. The molecule has 4 rings (SSSR count). The van der Waals surface area contributed by atoms with Crippen LogP contribution in [-0.2, 0) is 11.2 Å². The highest BCUT2D eigenvalue weighted by molar-refractivity contribution is 5.97. The van der Waals surface area contributed by atoms with Gasteiger partial charge in [0.1, 0.15) is 5.82 Å². The van der Waals surface area contributed by atoms with Crippen molar-refractivity contribution in [3.05, 3.63) is 59.9 Å². The van der Waals surface area contributed by atoms with Crippen molar-refractivity contribution in [2.24, 2.45) is 0 Å². The minimum absolute atomic E-state index is 0.159. The molecular weight excluding hydrogens is 348 g/mol. The number of rotatable bonds is 5. The number of amides is 1. The number of carbonyl (C=O) groups is 1. The summed E-state index contributed by atoms with van der Waals surface area (Å²) in [7, 11) is 0. The first-order chi connectivity index (χ1) is 13.7. The van der Waals surface area contributed by atoms with Crippen molar-refractivity contribution in [1.29, 1.82) is 0 Å². The van der Waals surface area contributed by atoms with E-state index in [4.69, 9.17) is 5.10 Å². The lowest BCUT2D eigenvalue weighted by molar-refractivity contribution is -0.118. The summed E-state index contributed by atoms with van der Waals surface area (Å²) in [6.07, 6.45) is 6.24. The predicted octanol–water partition coefficient (Wildman–Crippen LogP) is 4.71. The van der Waals surface area contributed by atoms with E-state index >= 15 is 0 Å². The molecule has 0 unspecified atom stereocenters. The van der Waals surface area contributed by atoms with Crippen LogP contribution in [0.5, 0.6) is 0 Å². The van der Waals surface area contributed by atoms with Crippen molar-refractivity contribution in [2.75, 3.05) is 11.4 Å². The van der Waals surface area contributed by atoms with E-state index in [0.717, 1.165) is 54.1 Å². The molecule has 0 aliphatic carbocycles. The lowest BCUT2D eigenvalue weighted by Gasteiger charge is -2.21. The lowest BCUT2D eigenvalue weighted by Crippen LogP contribution is -2.33. The number of anilines is 1. The normalized spacial score (nSPS) is 13.0. The molecule has 0 saturated heterocycles. The van der Waals surface area contributed by atoms with Gasteiger partial charge in [0.15, 0.2) is 0 Å². The number of fused-ring (bicyclic) bond motifs is 3. The lowest BCUT2D eigenvalue weighted by atomic mass is 10.1. The zero-order valence-electron chi connectivity index (χ0n) is 16.6. The average Bonchev–Trinajstić information content (AvgIpc) is 2.96. The molecular formula is C23H26N4O. The Bertz CT molecular complexity index is 978. The second kappa shape index (κ2) is 7.97. The Kier molecular flexibility index (Phi) is 5.24. The Balaban J connectivity index is 1.75. The Morgan fingerprint density at radius 2 is 1.93 bits per heavy atom. The molecule has 0 spiro atoms. The van der Waals surface area contributed by atoms with Crippen LogP contribution in [-0.4, -0.2) is 27.2 Å². The maximum Gasteiger partial charge on any atom is 0.228 e. The molecule has 0 radical (unpaired) electrons. The van der Waals surface area contributed by atoms with Gasteiger partial charge in [-0.05, 0) is 44.0 Å². The van der Waals surface area contributed by atoms with E-state index in [2.05, 4.69) is 31.0 Å². The van der Waals surface area contributed by atoms with Crippen molar-refractivity contribution in [2.45, 2.75) is 46.0 Å². The zero-order chi connectivity index (χ0) is 19.5. The van der Waals surface area contributed by atoms with Crippen molar-refractivity contribution >= 4 is 11.7 Å². The number of carbonyl (C=O) groups excluding carboxylic acids is 1. The van der Waals surface area contributed by atoms with Gasteiger partial charge in [-0.25, -0.2) is 9.67 Å². The van der Waals surface area contributed by atoms with Gasteiger partial charge in [0.2, 0.25) is 5.91 Å². The molecule has 3 aromatic rings. The standard InChI is InChI=1S/C23H26N4O/c1-3-4-6-13-21(28)26-16-14-19-17(2)27(18-10-7-5-8-11-18)25-22(19)20-12-9-15-24-23(20)26/h5,7-12,15H,3-4,6,13-14,16H2,1-2H3. The monoisotopic (exact) mass is 374 g/mol. The zero-order valence-corrected chi connectivity index (χ0v) is 16.6. The summed E-state index contributed by atoms with van der Waals surface area (Å²) in [6, 6.07) is 14.1. The number of unbranched alkanes of at least 4 members (excludes halogenated alkanes) is 2. The predicted molar refractivity (Wildman–Crippen MR) is 112 cm³/mol. The van der Waals surface area contributed by atoms with Crippen LogP contribution in [0.1, 0.15) is 43.9 Å². The summed E-state index contributed by atoms with van der Waals surface area (Å²) in [5.74, 6) is 0.896. The van der Waals surface area contributed by atoms with Gasteiger partial charge in [0, 0.05) is 36.0 Å². The molecule has 2 aromatic heterocycles. The highest BCUT2D eigenvalue weighted by atomic mass is 16.2. The smallest absolute Gasteiger partial charge is 0.228 e. The van der Waals surface area contributed by atoms with Gasteiger partial charge in [0.25, 0.3) is 0 Å². The van der Waals surface area contributed by atoms with Crippen LogP contribution in [0.3, 0.4) is 0 Å². The van der Waals surface area contributed by atoms with Crippen molar-refractivity contribution in [3.8, 4) is 16.9 Å². The van der Waals surface area contributed by atoms with Gasteiger partial charge in [0.05, 0.1) is 11.4 Å². The molecule has 0 bridgehead atoms. The number of aromatic nitrogens is 3. The fourth-order valence-corrected chi connectivity index (χ4v) is 3.90. The van der Waals surface area contributed by atoms with E-state index in [9.17, 15) is 4.79 Å². The maximum atomic E-state index is 12.9. The van der Waals surface area contributed by atoms with Crippen LogP contribution < -0.4 is 4.90 Å². The number of hydrogen-bond donors (Lipinski definition) is 0. The molecule has 1 aromatic carbocycles. The fourth-order valence-electron chi connectivity index (χ4n) is 3.90. The molecule has 0 fully saturated rings. The summed E-state index contributed by atoms with van der Waals surface area (Å²) >= 11 is 0. The SMILES string of the molecule is CCCCCC(=O)N1CCc2c(nn(-c3ccccc3)c2C)-c2cccnc21. The summed E-state index contributed by atoms with van der Waals surface area (Å²) in [6.45, 7) is 4.90. The van der Waals surface area contributed by atoms with E-state index in [1.54, 1.807) is 6.20 Å². The van der Waals surface area contributed by atoms with Gasteiger partial charge in [-0.2, -0.15) is 5.10 Å². The molecule has 1 aliphatic rings. The van der Waals surface area contributed by atoms with Crippen LogP contribution in [0.25, 0.3) is 16.9 Å².